The fourth-order valence-corrected chi connectivity index (χ4v) is 0.788. The van der Waals surface area contributed by atoms with Crippen molar-refractivity contribution in [1.82, 2.24) is 5.43 Å². The van der Waals surface area contributed by atoms with Crippen LogP contribution in [0.4, 0.5) is 5.69 Å². The van der Waals surface area contributed by atoms with Crippen LogP contribution in [0, 0.1) is 0 Å². The Bertz CT molecular complexity index is 335. The molecule has 13 heavy (non-hydrogen) atoms. The van der Waals surface area contributed by atoms with Crippen LogP contribution < -0.4 is 21.9 Å². The van der Waals surface area contributed by atoms with Gasteiger partial charge < -0.3 is 11.5 Å². The van der Waals surface area contributed by atoms with Crippen molar-refractivity contribution in [3.8, 4) is 0 Å². The summed E-state index contributed by atoms with van der Waals surface area (Å²) in [7, 11) is 0. The number of aromatic nitrogens is 1. The van der Waals surface area contributed by atoms with Gasteiger partial charge in [0.1, 0.15) is 11.9 Å². The maximum absolute atomic E-state index is 5.62. The average Bonchev–Trinajstić information content (AvgIpc) is 2.08. The number of pyridine rings is 1. The van der Waals surface area contributed by atoms with E-state index < -0.39 is 0 Å². The first-order valence-corrected chi connectivity index (χ1v) is 3.95. The second-order valence-corrected chi connectivity index (χ2v) is 2.71. The van der Waals surface area contributed by atoms with Gasteiger partial charge in [0.05, 0.1) is 0 Å². The summed E-state index contributed by atoms with van der Waals surface area (Å²) < 4.78 is 0. The number of nitrogen functional groups attached to an aromatic ring is 1. The zero-order valence-electron chi connectivity index (χ0n) is 6.82. The zero-order valence-corrected chi connectivity index (χ0v) is 7.64. The Morgan fingerprint density at radius 2 is 2.46 bits per heavy atom. The summed E-state index contributed by atoms with van der Waals surface area (Å²) in [5, 5.41) is 3.87. The quantitative estimate of drug-likeness (QED) is 0.330. The van der Waals surface area contributed by atoms with Crippen LogP contribution in [0.15, 0.2) is 23.4 Å². The first kappa shape index (κ1) is 9.40. The largest absolute Gasteiger partial charge is 0.393 e. The van der Waals surface area contributed by atoms with Gasteiger partial charge in [0.25, 0.3) is 0 Å². The fraction of sp³-hybridized carbons (Fsp3) is 0. The summed E-state index contributed by atoms with van der Waals surface area (Å²) in [5.41, 5.74) is 14.5. The van der Waals surface area contributed by atoms with Gasteiger partial charge in [0.15, 0.2) is 11.3 Å². The third kappa shape index (κ3) is 3.04. The number of aromatic amines is 1. The number of H-pyrrole nitrogens is 1. The molecule has 0 aliphatic rings. The van der Waals surface area contributed by atoms with Gasteiger partial charge in [-0.15, -0.1) is 0 Å². The number of thiocarbonyl (C=S) groups is 1. The Balaban J connectivity index is 2.68. The van der Waals surface area contributed by atoms with E-state index in [9.17, 15) is 0 Å². The van der Waals surface area contributed by atoms with Crippen molar-refractivity contribution in [1.29, 1.82) is 0 Å². The highest BCUT2D eigenvalue weighted by molar-refractivity contribution is 7.80. The molecule has 0 saturated carbocycles. The number of nitrogens with zero attached hydrogens (tertiary/aromatic N) is 1. The van der Waals surface area contributed by atoms with Gasteiger partial charge in [-0.1, -0.05) is 0 Å². The van der Waals surface area contributed by atoms with Crippen molar-refractivity contribution in [3.05, 3.63) is 24.0 Å². The van der Waals surface area contributed by atoms with Gasteiger partial charge in [-0.05, 0) is 18.3 Å². The number of nitrogens with one attached hydrogen (secondary N) is 2. The van der Waals surface area contributed by atoms with Crippen LogP contribution >= 0.6 is 12.2 Å². The molecule has 0 spiro atoms. The van der Waals surface area contributed by atoms with E-state index in [2.05, 4.69) is 27.7 Å². The molecular weight excluding hydrogens is 186 g/mol. The topological polar surface area (TPSA) is 90.6 Å². The number of hydrazone groups is 1. The second-order valence-electron chi connectivity index (χ2n) is 2.27. The Kier molecular flexibility index (Phi) is 3.15. The summed E-state index contributed by atoms with van der Waals surface area (Å²) in [6.45, 7) is 0. The Labute approximate surface area is 80.8 Å². The van der Waals surface area contributed by atoms with E-state index in [1.165, 1.54) is 6.21 Å². The van der Waals surface area contributed by atoms with E-state index in [1.807, 2.05) is 0 Å². The van der Waals surface area contributed by atoms with E-state index in [1.54, 1.807) is 18.3 Å². The summed E-state index contributed by atoms with van der Waals surface area (Å²) in [6, 6.07) is 3.56. The van der Waals surface area contributed by atoms with Gasteiger partial charge in [-0.2, -0.15) is 5.10 Å². The average molecular weight is 196 g/mol. The summed E-state index contributed by atoms with van der Waals surface area (Å²) in [6.07, 6.45) is 3.26. The zero-order chi connectivity index (χ0) is 9.68. The lowest BCUT2D eigenvalue weighted by Gasteiger charge is -1.93. The van der Waals surface area contributed by atoms with Crippen LogP contribution in [0.1, 0.15) is 5.69 Å². The molecular formula is C7H10N5S+. The van der Waals surface area contributed by atoms with E-state index >= 15 is 0 Å². The smallest absolute Gasteiger partial charge is 0.246 e. The summed E-state index contributed by atoms with van der Waals surface area (Å²) in [4.78, 5) is 2.91. The number of hydrogen-bond acceptors (Lipinski definition) is 3. The predicted molar refractivity (Wildman–Crippen MR) is 54.9 cm³/mol. The number of anilines is 1. The Morgan fingerprint density at radius 1 is 1.69 bits per heavy atom. The van der Waals surface area contributed by atoms with Crippen LogP contribution in [0.3, 0.4) is 0 Å². The molecule has 0 fully saturated rings. The molecule has 1 aromatic rings. The number of rotatable bonds is 2. The van der Waals surface area contributed by atoms with Crippen LogP contribution in [0.2, 0.25) is 0 Å². The SMILES string of the molecule is NC(=S)NN=Cc1[nH+]cccc1N. The first-order chi connectivity index (χ1) is 6.20. The molecule has 0 atom stereocenters. The lowest BCUT2D eigenvalue weighted by molar-refractivity contribution is -0.378. The first-order valence-electron chi connectivity index (χ1n) is 3.55. The van der Waals surface area contributed by atoms with Crippen molar-refractivity contribution in [2.75, 3.05) is 5.73 Å². The molecule has 0 aliphatic heterocycles. The third-order valence-corrected chi connectivity index (χ3v) is 1.38. The molecule has 0 unspecified atom stereocenters. The van der Waals surface area contributed by atoms with Crippen molar-refractivity contribution >= 4 is 29.2 Å². The van der Waals surface area contributed by atoms with E-state index in [4.69, 9.17) is 11.5 Å². The standard InChI is InChI=1S/C7H9N5S/c8-5-2-1-3-10-6(5)4-11-12-7(9)13/h1-4H,8H2,(H3,9,12,13)/p+1. The van der Waals surface area contributed by atoms with Gasteiger partial charge >= 0.3 is 0 Å². The van der Waals surface area contributed by atoms with Crippen LogP contribution in [0.25, 0.3) is 0 Å². The Hall–Kier alpha value is -1.69. The number of hydrogen-bond donors (Lipinski definition) is 3. The monoisotopic (exact) mass is 196 g/mol. The minimum Gasteiger partial charge on any atom is -0.393 e. The highest BCUT2D eigenvalue weighted by atomic mass is 32.1. The molecule has 6 heteroatoms. The van der Waals surface area contributed by atoms with Gasteiger partial charge in [-0.3, -0.25) is 5.43 Å². The van der Waals surface area contributed by atoms with Gasteiger partial charge in [-0.25, -0.2) is 4.98 Å². The summed E-state index contributed by atoms with van der Waals surface area (Å²) >= 11 is 4.56. The molecule has 0 amide bonds. The van der Waals surface area contributed by atoms with E-state index in [0.29, 0.717) is 11.4 Å². The molecule has 0 bridgehead atoms. The van der Waals surface area contributed by atoms with Crippen molar-refractivity contribution in [2.45, 2.75) is 0 Å². The molecule has 1 heterocycles. The predicted octanol–water partition coefficient (Wildman–Crippen LogP) is -0.750. The maximum Gasteiger partial charge on any atom is 0.246 e. The fourth-order valence-electron chi connectivity index (χ4n) is 0.735. The molecule has 0 aromatic carbocycles. The molecule has 68 valence electrons. The normalized spacial score (nSPS) is 10.2. The highest BCUT2D eigenvalue weighted by Crippen LogP contribution is 1.99. The van der Waals surface area contributed by atoms with Gasteiger partial charge in [0.2, 0.25) is 5.69 Å². The molecule has 1 aromatic heterocycles. The molecule has 0 aliphatic carbocycles. The lowest BCUT2D eigenvalue weighted by atomic mass is 10.3. The van der Waals surface area contributed by atoms with Crippen LogP contribution in [-0.2, 0) is 0 Å². The minimum absolute atomic E-state index is 0.116. The highest BCUT2D eigenvalue weighted by Gasteiger charge is 2.00. The van der Waals surface area contributed by atoms with Gasteiger partial charge in [0, 0.05) is 6.07 Å². The summed E-state index contributed by atoms with van der Waals surface area (Å²) in [5.74, 6) is 0. The number of nitrogens with two attached hydrogens (primary N) is 2. The molecule has 6 N–H and O–H groups in total. The molecule has 0 saturated heterocycles. The maximum atomic E-state index is 5.62. The van der Waals surface area contributed by atoms with E-state index in [0.717, 1.165) is 0 Å². The Morgan fingerprint density at radius 3 is 3.08 bits per heavy atom. The van der Waals surface area contributed by atoms with Crippen LogP contribution in [-0.4, -0.2) is 11.3 Å². The molecule has 5 nitrogen and oxygen atoms in total. The van der Waals surface area contributed by atoms with Crippen molar-refractivity contribution in [2.24, 2.45) is 10.8 Å². The molecule has 1 rings (SSSR count). The second kappa shape index (κ2) is 4.36. The third-order valence-electron chi connectivity index (χ3n) is 1.29. The van der Waals surface area contributed by atoms with E-state index in [-0.39, 0.29) is 5.11 Å². The minimum atomic E-state index is 0.116. The van der Waals surface area contributed by atoms with Crippen molar-refractivity contribution in [3.63, 3.8) is 0 Å². The van der Waals surface area contributed by atoms with Crippen molar-refractivity contribution < 1.29 is 4.98 Å². The molecule has 0 radical (unpaired) electrons. The lowest BCUT2D eigenvalue weighted by Crippen LogP contribution is -2.24. The van der Waals surface area contributed by atoms with Crippen LogP contribution in [0.5, 0.6) is 0 Å².